The van der Waals surface area contributed by atoms with E-state index in [1.54, 1.807) is 24.3 Å². The molecule has 40 heavy (non-hydrogen) atoms. The first-order valence-electron chi connectivity index (χ1n) is 12.3. The molecule has 1 aliphatic heterocycles. The number of hydrogen-bond acceptors (Lipinski definition) is 9. The predicted octanol–water partition coefficient (Wildman–Crippen LogP) is 5.11. The molecule has 2 N–H and O–H groups in total. The highest BCUT2D eigenvalue weighted by molar-refractivity contribution is 7.90. The Hall–Kier alpha value is -3.93. The lowest BCUT2D eigenvalue weighted by atomic mass is 10.1. The third kappa shape index (κ3) is 7.17. The van der Waals surface area contributed by atoms with Gasteiger partial charge in [-0.05, 0) is 54.1 Å². The van der Waals surface area contributed by atoms with E-state index >= 15 is 0 Å². The molecule has 2 aromatic heterocycles. The molecule has 0 spiro atoms. The van der Waals surface area contributed by atoms with Crippen LogP contribution in [0.4, 0.5) is 10.2 Å². The summed E-state index contributed by atoms with van der Waals surface area (Å²) in [5.41, 5.74) is 1.31. The van der Waals surface area contributed by atoms with Gasteiger partial charge in [0, 0.05) is 29.8 Å². The number of rotatable bonds is 11. The summed E-state index contributed by atoms with van der Waals surface area (Å²) >= 11 is 6.38. The van der Waals surface area contributed by atoms with Crippen LogP contribution in [0, 0.1) is 5.82 Å². The second-order valence-corrected chi connectivity index (χ2v) is 11.8. The lowest BCUT2D eigenvalue weighted by Gasteiger charge is -2.22. The van der Waals surface area contributed by atoms with Crippen molar-refractivity contribution in [3.8, 4) is 11.3 Å². The topological polar surface area (TPSA) is 116 Å². The van der Waals surface area contributed by atoms with Crippen molar-refractivity contribution in [2.24, 2.45) is 0 Å². The molecule has 4 aromatic rings. The predicted molar refractivity (Wildman–Crippen MR) is 150 cm³/mol. The van der Waals surface area contributed by atoms with Crippen LogP contribution in [0.25, 0.3) is 22.2 Å². The average Bonchev–Trinajstić information content (AvgIpc) is 3.39. The van der Waals surface area contributed by atoms with Gasteiger partial charge in [0.15, 0.2) is 11.6 Å². The van der Waals surface area contributed by atoms with Crippen LogP contribution in [0.2, 0.25) is 0 Å². The van der Waals surface area contributed by atoms with Crippen LogP contribution in [0.5, 0.6) is 0 Å². The quantitative estimate of drug-likeness (QED) is 0.183. The number of nitrogens with zero attached hydrogens (tertiary/aromatic N) is 2. The van der Waals surface area contributed by atoms with Crippen LogP contribution in [0.3, 0.4) is 0 Å². The number of hydrogen-bond donors (Lipinski definition) is 2. The van der Waals surface area contributed by atoms with Gasteiger partial charge in [0.25, 0.3) is 0 Å². The van der Waals surface area contributed by atoms with Gasteiger partial charge in [-0.3, -0.25) is 0 Å². The minimum absolute atomic E-state index is 0.0602. The van der Waals surface area contributed by atoms with Gasteiger partial charge < -0.3 is 24.5 Å². The molecular formula is C28H26ClFN4O5S. The van der Waals surface area contributed by atoms with Crippen molar-refractivity contribution in [2.45, 2.75) is 18.7 Å². The normalized spacial score (nSPS) is 15.3. The Labute approximate surface area is 235 Å². The van der Waals surface area contributed by atoms with Crippen LogP contribution in [0.1, 0.15) is 11.3 Å². The fourth-order valence-electron chi connectivity index (χ4n) is 3.94. The first-order valence-corrected chi connectivity index (χ1v) is 14.8. The Kier molecular flexibility index (Phi) is 8.34. The number of anilines is 1. The first kappa shape index (κ1) is 27.6. The molecule has 12 heteroatoms. The molecule has 1 aliphatic rings. The number of halogens is 2. The molecule has 0 bridgehead atoms. The molecule has 0 saturated heterocycles. The minimum atomic E-state index is -3.02. The summed E-state index contributed by atoms with van der Waals surface area (Å²) in [6.07, 6.45) is 6.01. The summed E-state index contributed by atoms with van der Waals surface area (Å²) < 4.78 is 53.4. The van der Waals surface area contributed by atoms with Crippen LogP contribution in [0.15, 0.2) is 89.1 Å². The Morgan fingerprint density at radius 3 is 2.77 bits per heavy atom. The Balaban J connectivity index is 1.28. The molecule has 0 saturated carbocycles. The second kappa shape index (κ2) is 12.1. The zero-order chi connectivity index (χ0) is 28.1. The van der Waals surface area contributed by atoms with Crippen LogP contribution < -0.4 is 10.6 Å². The SMILES string of the molecule is CS(=O)(=O)CCNCc1ccc(-c2ccc3ncnc(NC4=CC=C(OCc5cccc(F)c5)C(Cl)O4)c3c2)o1. The molecule has 9 nitrogen and oxygen atoms in total. The summed E-state index contributed by atoms with van der Waals surface area (Å²) in [4.78, 5) is 8.72. The van der Waals surface area contributed by atoms with Crippen LogP contribution in [-0.4, -0.2) is 42.5 Å². The zero-order valence-electron chi connectivity index (χ0n) is 21.4. The Morgan fingerprint density at radius 1 is 1.10 bits per heavy atom. The van der Waals surface area contributed by atoms with E-state index in [1.165, 1.54) is 24.7 Å². The maximum absolute atomic E-state index is 13.4. The number of aromatic nitrogens is 2. The van der Waals surface area contributed by atoms with Crippen molar-refractivity contribution in [1.29, 1.82) is 0 Å². The highest BCUT2D eigenvalue weighted by atomic mass is 35.5. The number of benzene rings is 2. The van der Waals surface area contributed by atoms with Gasteiger partial charge in [-0.25, -0.2) is 22.8 Å². The van der Waals surface area contributed by atoms with E-state index in [0.29, 0.717) is 53.2 Å². The Morgan fingerprint density at radius 2 is 1.98 bits per heavy atom. The molecular weight excluding hydrogens is 559 g/mol. The van der Waals surface area contributed by atoms with Crippen molar-refractivity contribution in [3.63, 3.8) is 0 Å². The standard InChI is InChI=1S/C28H26ClFN4O5S/c1-40(35,36)12-11-31-15-21-6-8-24(38-21)19-5-7-23-22(14-19)28(33-17-32-23)34-26-10-9-25(27(29)39-26)37-16-18-3-2-4-20(30)13-18/h2-10,13-14,17,27,31H,11-12,15-16H2,1H3,(H,32,33,34). The largest absolute Gasteiger partial charge is 0.488 e. The highest BCUT2D eigenvalue weighted by Gasteiger charge is 2.21. The minimum Gasteiger partial charge on any atom is -0.488 e. The molecule has 208 valence electrons. The molecule has 3 heterocycles. The molecule has 1 atom stereocenters. The molecule has 5 rings (SSSR count). The van der Waals surface area contributed by atoms with E-state index in [4.69, 9.17) is 25.5 Å². The fraction of sp³-hybridized carbons (Fsp3) is 0.214. The van der Waals surface area contributed by atoms with Crippen molar-refractivity contribution >= 4 is 38.2 Å². The molecule has 1 unspecified atom stereocenters. The number of alkyl halides is 1. The highest BCUT2D eigenvalue weighted by Crippen LogP contribution is 2.30. The molecule has 2 aromatic carbocycles. The van der Waals surface area contributed by atoms with Crippen molar-refractivity contribution < 1.29 is 26.7 Å². The monoisotopic (exact) mass is 584 g/mol. The van der Waals surface area contributed by atoms with Gasteiger partial charge in [-0.2, -0.15) is 0 Å². The van der Waals surface area contributed by atoms with E-state index in [-0.39, 0.29) is 18.2 Å². The van der Waals surface area contributed by atoms with Gasteiger partial charge in [0.2, 0.25) is 5.56 Å². The number of sulfone groups is 1. The number of fused-ring (bicyclic) bond motifs is 1. The summed E-state index contributed by atoms with van der Waals surface area (Å²) in [5, 5.41) is 6.95. The number of allylic oxidation sites excluding steroid dienone is 2. The summed E-state index contributed by atoms with van der Waals surface area (Å²) in [7, 11) is -3.02. The van der Waals surface area contributed by atoms with E-state index in [0.717, 1.165) is 10.9 Å². The molecule has 0 aliphatic carbocycles. The Bertz CT molecular complexity index is 1690. The van der Waals surface area contributed by atoms with E-state index in [9.17, 15) is 12.8 Å². The number of ether oxygens (including phenoxy) is 2. The lowest BCUT2D eigenvalue weighted by molar-refractivity contribution is 0.105. The van der Waals surface area contributed by atoms with Crippen molar-refractivity contribution in [1.82, 2.24) is 15.3 Å². The molecule has 0 amide bonds. The number of nitrogens with one attached hydrogen (secondary N) is 2. The molecule has 0 fully saturated rings. The lowest BCUT2D eigenvalue weighted by Crippen LogP contribution is -2.21. The van der Waals surface area contributed by atoms with Gasteiger partial charge in [-0.1, -0.05) is 23.7 Å². The van der Waals surface area contributed by atoms with E-state index < -0.39 is 15.4 Å². The zero-order valence-corrected chi connectivity index (χ0v) is 23.0. The summed E-state index contributed by atoms with van der Waals surface area (Å²) in [6, 6.07) is 15.5. The van der Waals surface area contributed by atoms with Crippen molar-refractivity contribution in [3.05, 3.63) is 102 Å². The number of furan rings is 1. The fourth-order valence-corrected chi connectivity index (χ4v) is 4.69. The molecule has 0 radical (unpaired) electrons. The first-order chi connectivity index (χ1) is 19.2. The van der Waals surface area contributed by atoms with Crippen molar-refractivity contribution in [2.75, 3.05) is 23.9 Å². The van der Waals surface area contributed by atoms with Gasteiger partial charge in [-0.15, -0.1) is 0 Å². The summed E-state index contributed by atoms with van der Waals surface area (Å²) in [5.74, 6) is 2.32. The van der Waals surface area contributed by atoms with Gasteiger partial charge in [0.05, 0.1) is 17.8 Å². The van der Waals surface area contributed by atoms with Crippen LogP contribution in [-0.2, 0) is 32.5 Å². The maximum atomic E-state index is 13.4. The maximum Gasteiger partial charge on any atom is 0.230 e. The van der Waals surface area contributed by atoms with Crippen LogP contribution >= 0.6 is 11.6 Å². The van der Waals surface area contributed by atoms with Gasteiger partial charge in [0.1, 0.15) is 45.9 Å². The third-order valence-corrected chi connectivity index (χ3v) is 7.17. The average molecular weight is 585 g/mol. The smallest absolute Gasteiger partial charge is 0.230 e. The van der Waals surface area contributed by atoms with E-state index in [1.807, 2.05) is 30.3 Å². The van der Waals surface area contributed by atoms with Gasteiger partial charge >= 0.3 is 0 Å². The summed E-state index contributed by atoms with van der Waals surface area (Å²) in [6.45, 7) is 0.900. The second-order valence-electron chi connectivity index (χ2n) is 9.10. The third-order valence-electron chi connectivity index (χ3n) is 5.92. The van der Waals surface area contributed by atoms with E-state index in [2.05, 4.69) is 20.6 Å².